The van der Waals surface area contributed by atoms with Crippen LogP contribution in [0.15, 0.2) is 73.4 Å². The Hall–Kier alpha value is -2.43. The molecule has 0 aliphatic heterocycles. The number of hydrogen-bond donors (Lipinski definition) is 0. The minimum atomic E-state index is -4.89. The van der Waals surface area contributed by atoms with Gasteiger partial charge in [0.1, 0.15) is 25.9 Å². The summed E-state index contributed by atoms with van der Waals surface area (Å²) in [6, 6.07) is 10.2. The number of aryl methyl sites for hydroxylation is 1. The van der Waals surface area contributed by atoms with Crippen LogP contribution in [0, 0.1) is 6.92 Å². The van der Waals surface area contributed by atoms with Crippen LogP contribution in [0.3, 0.4) is 0 Å². The molecule has 0 bridgehead atoms. The summed E-state index contributed by atoms with van der Waals surface area (Å²) in [5.41, 5.74) is 0.569. The summed E-state index contributed by atoms with van der Waals surface area (Å²) < 4.78 is 72.6. The zero-order valence-corrected chi connectivity index (χ0v) is 17.9. The first-order valence-electron chi connectivity index (χ1n) is 8.15. The molecule has 164 valence electrons. The molecule has 0 aliphatic carbocycles. The van der Waals surface area contributed by atoms with Gasteiger partial charge in [0.15, 0.2) is 0 Å². The van der Waals surface area contributed by atoms with Gasteiger partial charge in [-0.05, 0) is 54.3 Å². The molecule has 31 heavy (non-hydrogen) atoms. The first kappa shape index (κ1) is 23.2. The summed E-state index contributed by atoms with van der Waals surface area (Å²) in [6.45, 7) is 1.70. The van der Waals surface area contributed by atoms with Crippen LogP contribution < -0.4 is 5.26 Å². The van der Waals surface area contributed by atoms with Crippen molar-refractivity contribution in [2.24, 2.45) is 10.2 Å². The second kappa shape index (κ2) is 8.97. The van der Waals surface area contributed by atoms with E-state index in [1.54, 1.807) is 19.1 Å². The van der Waals surface area contributed by atoms with Crippen molar-refractivity contribution in [1.82, 2.24) is 0 Å². The predicted molar refractivity (Wildman–Crippen MR) is 103 cm³/mol. The lowest BCUT2D eigenvalue weighted by Crippen LogP contribution is -2.01. The van der Waals surface area contributed by atoms with Crippen molar-refractivity contribution in [1.29, 1.82) is 0 Å². The molecule has 14 heteroatoms. The van der Waals surface area contributed by atoms with E-state index in [1.807, 2.05) is 0 Å². The molecule has 3 aromatic rings. The lowest BCUT2D eigenvalue weighted by Gasteiger charge is -2.12. The maximum Gasteiger partial charge on any atom is 0.126 e. The molecule has 0 N–H and O–H groups in total. The van der Waals surface area contributed by atoms with Gasteiger partial charge in [0.2, 0.25) is 0 Å². The molecule has 0 amide bonds. The normalized spacial score (nSPS) is 12.6. The predicted octanol–water partition coefficient (Wildman–Crippen LogP) is 2.60. The highest BCUT2D eigenvalue weighted by atomic mass is 32.2. The van der Waals surface area contributed by atoms with E-state index < -0.39 is 30.0 Å². The standard InChI is InChI=1S/C17H14N2O9S3/c1-10-2-6-15(13-5-4-12(9-14(10)13)30(21,22)23)18-19-16-8-11(29-28-27-20)3-7-17(16)31(24,25)26/h2-9,20H,1H3,(H,21,22,23)(H,24,25,26)/p-3. The van der Waals surface area contributed by atoms with Gasteiger partial charge in [-0.15, -0.1) is 10.2 Å². The Bertz CT molecular complexity index is 1390. The van der Waals surface area contributed by atoms with Crippen molar-refractivity contribution in [2.45, 2.75) is 21.6 Å². The van der Waals surface area contributed by atoms with Crippen LogP contribution in [0.4, 0.5) is 11.4 Å². The minimum absolute atomic E-state index is 0.205. The van der Waals surface area contributed by atoms with Crippen LogP contribution in [0.5, 0.6) is 0 Å². The number of hydrogen-bond acceptors (Lipinski definition) is 12. The molecular weight excluding hydrogens is 472 g/mol. The molecule has 0 unspecified atom stereocenters. The molecule has 3 aromatic carbocycles. The molecule has 0 saturated carbocycles. The average Bonchev–Trinajstić information content (AvgIpc) is 2.70. The van der Waals surface area contributed by atoms with Crippen molar-refractivity contribution in [2.75, 3.05) is 0 Å². The Labute approximate surface area is 180 Å². The van der Waals surface area contributed by atoms with Crippen molar-refractivity contribution in [3.8, 4) is 0 Å². The quantitative estimate of drug-likeness (QED) is 0.159. The molecule has 0 spiro atoms. The monoisotopic (exact) mass is 483 g/mol. The molecular formula is C17H11N2O9S3-3. The highest BCUT2D eigenvalue weighted by molar-refractivity contribution is 7.94. The third-order valence-electron chi connectivity index (χ3n) is 4.09. The van der Waals surface area contributed by atoms with Crippen LogP contribution in [0.2, 0.25) is 0 Å². The largest absolute Gasteiger partial charge is 0.744 e. The highest BCUT2D eigenvalue weighted by Crippen LogP contribution is 2.34. The minimum Gasteiger partial charge on any atom is -0.744 e. The smallest absolute Gasteiger partial charge is 0.126 e. The van der Waals surface area contributed by atoms with Gasteiger partial charge in [-0.25, -0.2) is 16.8 Å². The molecule has 0 heterocycles. The Morgan fingerprint density at radius 2 is 1.55 bits per heavy atom. The van der Waals surface area contributed by atoms with Crippen LogP contribution in [-0.2, 0) is 29.6 Å². The Kier molecular flexibility index (Phi) is 6.73. The fourth-order valence-corrected chi connectivity index (χ4v) is 4.18. The maximum absolute atomic E-state index is 11.5. The third-order valence-corrected chi connectivity index (χ3v) is 6.38. The van der Waals surface area contributed by atoms with Crippen molar-refractivity contribution in [3.63, 3.8) is 0 Å². The van der Waals surface area contributed by atoms with E-state index in [1.165, 1.54) is 18.2 Å². The molecule has 3 rings (SSSR count). The number of azo groups is 1. The maximum atomic E-state index is 11.5. The second-order valence-corrected chi connectivity index (χ2v) is 9.57. The van der Waals surface area contributed by atoms with E-state index in [4.69, 9.17) is 0 Å². The zero-order chi connectivity index (χ0) is 22.8. The Morgan fingerprint density at radius 1 is 0.839 bits per heavy atom. The lowest BCUT2D eigenvalue weighted by atomic mass is 10.0. The number of rotatable bonds is 7. The van der Waals surface area contributed by atoms with Crippen LogP contribution in [-0.4, -0.2) is 25.9 Å². The summed E-state index contributed by atoms with van der Waals surface area (Å²) >= 11 is 0.464. The molecule has 0 aromatic heterocycles. The molecule has 0 radical (unpaired) electrons. The summed E-state index contributed by atoms with van der Waals surface area (Å²) in [4.78, 5) is -0.863. The summed E-state index contributed by atoms with van der Waals surface area (Å²) in [7, 11) is -9.56. The fraction of sp³-hybridized carbons (Fsp3) is 0.0588. The summed E-state index contributed by atoms with van der Waals surface area (Å²) in [5.74, 6) is 0. The molecule has 0 atom stereocenters. The van der Waals surface area contributed by atoms with Gasteiger partial charge in [-0.2, -0.15) is 4.33 Å². The Morgan fingerprint density at radius 3 is 2.19 bits per heavy atom. The van der Waals surface area contributed by atoms with Gasteiger partial charge in [0.05, 0.1) is 27.5 Å². The van der Waals surface area contributed by atoms with E-state index in [0.29, 0.717) is 28.4 Å². The van der Waals surface area contributed by atoms with Crippen LogP contribution in [0.25, 0.3) is 10.8 Å². The highest BCUT2D eigenvalue weighted by Gasteiger charge is 2.12. The SMILES string of the molecule is Cc1ccc(N=Nc2cc(SOO[O-])ccc2S(=O)(=O)[O-])c2ccc(S(=O)(=O)[O-])cc12. The first-order chi connectivity index (χ1) is 14.5. The molecule has 0 saturated heterocycles. The first-order valence-corrected chi connectivity index (χ1v) is 11.7. The summed E-state index contributed by atoms with van der Waals surface area (Å²) in [6.07, 6.45) is 0. The van der Waals surface area contributed by atoms with E-state index in [9.17, 15) is 31.2 Å². The van der Waals surface area contributed by atoms with Gasteiger partial charge < -0.3 is 14.4 Å². The van der Waals surface area contributed by atoms with Crippen LogP contribution in [0.1, 0.15) is 5.56 Å². The van der Waals surface area contributed by atoms with E-state index in [0.717, 1.165) is 18.2 Å². The lowest BCUT2D eigenvalue weighted by molar-refractivity contribution is -0.777. The van der Waals surface area contributed by atoms with Gasteiger partial charge in [0, 0.05) is 10.3 Å². The van der Waals surface area contributed by atoms with Gasteiger partial charge in [0.25, 0.3) is 0 Å². The van der Waals surface area contributed by atoms with E-state index in [2.05, 4.69) is 19.6 Å². The van der Waals surface area contributed by atoms with Crippen LogP contribution >= 0.6 is 12.0 Å². The van der Waals surface area contributed by atoms with E-state index in [-0.39, 0.29) is 16.3 Å². The summed E-state index contributed by atoms with van der Waals surface area (Å²) in [5, 5.41) is 21.9. The topological polar surface area (TPSA) is 181 Å². The molecule has 11 nitrogen and oxygen atoms in total. The van der Waals surface area contributed by atoms with Gasteiger partial charge >= 0.3 is 0 Å². The van der Waals surface area contributed by atoms with Gasteiger partial charge in [-0.3, -0.25) is 5.04 Å². The number of fused-ring (bicyclic) bond motifs is 1. The number of nitrogens with zero attached hydrogens (tertiary/aromatic N) is 2. The Balaban J connectivity index is 2.12. The van der Waals surface area contributed by atoms with Crippen molar-refractivity contribution < 1.29 is 40.6 Å². The van der Waals surface area contributed by atoms with E-state index >= 15 is 0 Å². The van der Waals surface area contributed by atoms with Crippen molar-refractivity contribution >= 4 is 54.4 Å². The second-order valence-electron chi connectivity index (χ2n) is 6.07. The average molecular weight is 483 g/mol. The molecule has 0 fully saturated rings. The zero-order valence-electron chi connectivity index (χ0n) is 15.4. The number of benzene rings is 3. The third kappa shape index (κ3) is 5.44. The van der Waals surface area contributed by atoms with Gasteiger partial charge in [-0.1, -0.05) is 12.1 Å². The fourth-order valence-electron chi connectivity index (χ4n) is 2.70. The molecule has 0 aliphatic rings. The van der Waals surface area contributed by atoms with Crippen molar-refractivity contribution in [3.05, 3.63) is 54.1 Å².